The number of nitrogens with two attached hydrogens (primary N) is 2. The van der Waals surface area contributed by atoms with Crippen molar-refractivity contribution in [2.75, 3.05) is 0 Å². The van der Waals surface area contributed by atoms with E-state index in [0.717, 1.165) is 11.1 Å². The first-order valence-electron chi connectivity index (χ1n) is 4.33. The Hall–Kier alpha value is -1.06. The molecule has 13 heavy (non-hydrogen) atoms. The van der Waals surface area contributed by atoms with Gasteiger partial charge in [0.1, 0.15) is 5.75 Å². The van der Waals surface area contributed by atoms with Crippen molar-refractivity contribution in [3.8, 4) is 5.75 Å². The fraction of sp³-hybridized carbons (Fsp3) is 0.400. The van der Waals surface area contributed by atoms with E-state index in [1.807, 2.05) is 19.9 Å². The van der Waals surface area contributed by atoms with Crippen LogP contribution in [0.2, 0.25) is 0 Å². The van der Waals surface area contributed by atoms with Gasteiger partial charge in [-0.15, -0.1) is 0 Å². The maximum Gasteiger partial charge on any atom is 0.118 e. The van der Waals surface area contributed by atoms with Crippen LogP contribution in [0.1, 0.15) is 24.1 Å². The molecule has 0 amide bonds. The highest BCUT2D eigenvalue weighted by atomic mass is 16.3. The largest absolute Gasteiger partial charge is 0.508 e. The third kappa shape index (κ3) is 2.20. The molecule has 0 spiro atoms. The average Bonchev–Trinajstić information content (AvgIpc) is 2.08. The van der Waals surface area contributed by atoms with Crippen LogP contribution >= 0.6 is 0 Å². The Labute approximate surface area is 78.4 Å². The van der Waals surface area contributed by atoms with Gasteiger partial charge in [-0.25, -0.2) is 0 Å². The number of phenolic OH excluding ortho intramolecular Hbond substituents is 1. The minimum Gasteiger partial charge on any atom is -0.508 e. The molecule has 0 radical (unpaired) electrons. The number of aromatic hydroxyl groups is 1. The second-order valence-electron chi connectivity index (χ2n) is 3.43. The molecule has 0 aliphatic heterocycles. The molecule has 0 aliphatic rings. The second-order valence-corrected chi connectivity index (χ2v) is 3.43. The summed E-state index contributed by atoms with van der Waals surface area (Å²) < 4.78 is 0. The number of aryl methyl sites for hydroxylation is 1. The fourth-order valence-electron chi connectivity index (χ4n) is 1.19. The molecule has 0 aromatic heterocycles. The van der Waals surface area contributed by atoms with Crippen LogP contribution in [-0.4, -0.2) is 11.1 Å². The highest BCUT2D eigenvalue weighted by molar-refractivity contribution is 5.36. The Morgan fingerprint density at radius 3 is 2.38 bits per heavy atom. The van der Waals surface area contributed by atoms with Gasteiger partial charge in [-0.2, -0.15) is 0 Å². The van der Waals surface area contributed by atoms with E-state index in [-0.39, 0.29) is 12.1 Å². The Kier molecular flexibility index (Phi) is 2.90. The van der Waals surface area contributed by atoms with Crippen LogP contribution in [0.25, 0.3) is 0 Å². The third-order valence-electron chi connectivity index (χ3n) is 2.17. The minimum absolute atomic E-state index is 0.0797. The van der Waals surface area contributed by atoms with Gasteiger partial charge in [0.05, 0.1) is 0 Å². The van der Waals surface area contributed by atoms with Gasteiger partial charge >= 0.3 is 0 Å². The van der Waals surface area contributed by atoms with Gasteiger partial charge in [0.2, 0.25) is 0 Å². The van der Waals surface area contributed by atoms with Crippen LogP contribution < -0.4 is 11.5 Å². The smallest absolute Gasteiger partial charge is 0.118 e. The summed E-state index contributed by atoms with van der Waals surface area (Å²) in [5, 5.41) is 9.29. The number of hydrogen-bond acceptors (Lipinski definition) is 3. The van der Waals surface area contributed by atoms with Crippen molar-refractivity contribution >= 4 is 0 Å². The highest BCUT2D eigenvalue weighted by Gasteiger charge is 2.11. The van der Waals surface area contributed by atoms with E-state index >= 15 is 0 Å². The predicted molar refractivity (Wildman–Crippen MR) is 53.4 cm³/mol. The van der Waals surface area contributed by atoms with Gasteiger partial charge in [0.25, 0.3) is 0 Å². The molecule has 0 fully saturated rings. The summed E-state index contributed by atoms with van der Waals surface area (Å²) in [5.41, 5.74) is 13.3. The van der Waals surface area contributed by atoms with Crippen molar-refractivity contribution in [2.45, 2.75) is 25.9 Å². The molecule has 1 rings (SSSR count). The van der Waals surface area contributed by atoms with E-state index in [2.05, 4.69) is 0 Å². The van der Waals surface area contributed by atoms with Crippen LogP contribution in [-0.2, 0) is 0 Å². The molecule has 0 heterocycles. The molecule has 1 aromatic rings. The molecule has 0 unspecified atom stereocenters. The number of rotatable bonds is 2. The van der Waals surface area contributed by atoms with Crippen LogP contribution in [0.15, 0.2) is 18.2 Å². The number of phenols is 1. The highest BCUT2D eigenvalue weighted by Crippen LogP contribution is 2.21. The van der Waals surface area contributed by atoms with Gasteiger partial charge in [0.15, 0.2) is 0 Å². The summed E-state index contributed by atoms with van der Waals surface area (Å²) in [7, 11) is 0. The van der Waals surface area contributed by atoms with E-state index in [0.29, 0.717) is 5.75 Å². The van der Waals surface area contributed by atoms with E-state index in [1.165, 1.54) is 0 Å². The molecular formula is C10H16N2O. The third-order valence-corrected chi connectivity index (χ3v) is 2.17. The molecule has 3 nitrogen and oxygen atoms in total. The standard InChI is InChI=1S/C10H16N2O/c1-6-5-8(3-4-9(6)13)10(12)7(2)11/h3-5,7,10,13H,11-12H2,1-2H3/t7-,10+/m0/s1. The zero-order valence-electron chi connectivity index (χ0n) is 7.99. The summed E-state index contributed by atoms with van der Waals surface area (Å²) in [6.45, 7) is 3.71. The molecule has 5 N–H and O–H groups in total. The molecule has 72 valence electrons. The first-order chi connectivity index (χ1) is 6.02. The molecular weight excluding hydrogens is 164 g/mol. The summed E-state index contributed by atoms with van der Waals surface area (Å²) >= 11 is 0. The molecule has 3 heteroatoms. The number of benzene rings is 1. The molecule has 1 aromatic carbocycles. The van der Waals surface area contributed by atoms with Gasteiger partial charge in [0, 0.05) is 12.1 Å². The lowest BCUT2D eigenvalue weighted by molar-refractivity contribution is 0.470. The molecule has 0 saturated heterocycles. The summed E-state index contributed by atoms with van der Waals surface area (Å²) in [5.74, 6) is 0.292. The van der Waals surface area contributed by atoms with E-state index in [4.69, 9.17) is 11.5 Å². The quantitative estimate of drug-likeness (QED) is 0.637. The minimum atomic E-state index is -0.167. The van der Waals surface area contributed by atoms with Crippen molar-refractivity contribution in [3.63, 3.8) is 0 Å². The zero-order chi connectivity index (χ0) is 10.0. The molecule has 2 atom stereocenters. The fourth-order valence-corrected chi connectivity index (χ4v) is 1.19. The maximum atomic E-state index is 9.29. The lowest BCUT2D eigenvalue weighted by Crippen LogP contribution is -2.31. The summed E-state index contributed by atoms with van der Waals surface area (Å²) in [6.07, 6.45) is 0. The topological polar surface area (TPSA) is 72.3 Å². The van der Waals surface area contributed by atoms with Gasteiger partial charge in [-0.1, -0.05) is 12.1 Å². The average molecular weight is 180 g/mol. The first kappa shape index (κ1) is 10.0. The maximum absolute atomic E-state index is 9.29. The normalized spacial score (nSPS) is 15.4. The molecule has 0 aliphatic carbocycles. The summed E-state index contributed by atoms with van der Waals surface area (Å²) in [6, 6.07) is 5.07. The monoisotopic (exact) mass is 180 g/mol. The molecule has 0 bridgehead atoms. The molecule has 0 saturated carbocycles. The van der Waals surface area contributed by atoms with Crippen molar-refractivity contribution in [3.05, 3.63) is 29.3 Å². The van der Waals surface area contributed by atoms with Crippen LogP contribution in [0.3, 0.4) is 0 Å². The van der Waals surface area contributed by atoms with Crippen molar-refractivity contribution in [1.29, 1.82) is 0 Å². The van der Waals surface area contributed by atoms with E-state index in [1.54, 1.807) is 12.1 Å². The SMILES string of the molecule is Cc1cc([C@H](N)[C@H](C)N)ccc1O. The zero-order valence-corrected chi connectivity index (χ0v) is 7.99. The Balaban J connectivity index is 2.97. The number of hydrogen-bond donors (Lipinski definition) is 3. The summed E-state index contributed by atoms with van der Waals surface area (Å²) in [4.78, 5) is 0. The first-order valence-corrected chi connectivity index (χ1v) is 4.33. The van der Waals surface area contributed by atoms with Crippen LogP contribution in [0.4, 0.5) is 0 Å². The lowest BCUT2D eigenvalue weighted by Gasteiger charge is -2.16. The van der Waals surface area contributed by atoms with Crippen molar-refractivity contribution in [1.82, 2.24) is 0 Å². The van der Waals surface area contributed by atoms with Crippen molar-refractivity contribution in [2.24, 2.45) is 11.5 Å². The van der Waals surface area contributed by atoms with Gasteiger partial charge < -0.3 is 16.6 Å². The lowest BCUT2D eigenvalue weighted by atomic mass is 10.00. The van der Waals surface area contributed by atoms with E-state index < -0.39 is 0 Å². The Morgan fingerprint density at radius 1 is 1.31 bits per heavy atom. The predicted octanol–water partition coefficient (Wildman–Crippen LogP) is 1.05. The van der Waals surface area contributed by atoms with Crippen LogP contribution in [0, 0.1) is 6.92 Å². The Morgan fingerprint density at radius 2 is 1.92 bits per heavy atom. The van der Waals surface area contributed by atoms with Gasteiger partial charge in [-0.05, 0) is 31.0 Å². The van der Waals surface area contributed by atoms with E-state index in [9.17, 15) is 5.11 Å². The Bertz CT molecular complexity index is 297. The van der Waals surface area contributed by atoms with Crippen LogP contribution in [0.5, 0.6) is 5.75 Å². The van der Waals surface area contributed by atoms with Gasteiger partial charge in [-0.3, -0.25) is 0 Å². The van der Waals surface area contributed by atoms with Crippen molar-refractivity contribution < 1.29 is 5.11 Å². The second kappa shape index (κ2) is 3.77.